The van der Waals surface area contributed by atoms with Crippen LogP contribution in [0.5, 0.6) is 0 Å². The molecule has 0 radical (unpaired) electrons. The lowest BCUT2D eigenvalue weighted by Gasteiger charge is -2.30. The molecule has 0 spiro atoms. The minimum atomic E-state index is 0.581. The Morgan fingerprint density at radius 1 is 0.969 bits per heavy atom. The molecule has 4 aromatic rings. The fourth-order valence-corrected chi connectivity index (χ4v) is 5.28. The largest absolute Gasteiger partial charge is 0.368 e. The molecule has 0 unspecified atom stereocenters. The maximum atomic E-state index is 4.93. The fraction of sp³-hybridized carbons (Fsp3) is 0.400. The van der Waals surface area contributed by atoms with Crippen molar-refractivity contribution in [2.45, 2.75) is 38.5 Å². The Kier molecular flexibility index (Phi) is 4.91. The summed E-state index contributed by atoms with van der Waals surface area (Å²) in [4.78, 5) is 16.7. The summed E-state index contributed by atoms with van der Waals surface area (Å²) in [6.45, 7) is 6.13. The monoisotopic (exact) mass is 427 g/mol. The second-order valence-electron chi connectivity index (χ2n) is 8.97. The number of rotatable bonds is 4. The standard InChI is InChI=1S/C25H29N7/c1-17-21(31-14-12-26-13-15-31)10-11-23(28-17)29-25-27-16-19-6-7-20-8-9-22(18-4-2-3-5-18)32(20)24(19)30-25/h6-11,16,18,26H,2-5,12-15H2,1H3,(H,27,28,29,30). The lowest BCUT2D eigenvalue weighted by molar-refractivity contribution is 0.588. The van der Waals surface area contributed by atoms with Gasteiger partial charge in [0, 0.05) is 49.0 Å². The molecule has 0 atom stereocenters. The highest BCUT2D eigenvalue weighted by molar-refractivity contribution is 5.80. The third kappa shape index (κ3) is 3.46. The van der Waals surface area contributed by atoms with Gasteiger partial charge in [-0.2, -0.15) is 4.98 Å². The fourth-order valence-electron chi connectivity index (χ4n) is 5.28. The number of nitrogens with one attached hydrogen (secondary N) is 2. The second kappa shape index (κ2) is 8.06. The highest BCUT2D eigenvalue weighted by atomic mass is 15.2. The van der Waals surface area contributed by atoms with E-state index in [0.29, 0.717) is 11.9 Å². The second-order valence-corrected chi connectivity index (χ2v) is 8.97. The Bertz CT molecular complexity index is 1270. The zero-order valence-electron chi connectivity index (χ0n) is 18.5. The number of pyridine rings is 2. The lowest BCUT2D eigenvalue weighted by Crippen LogP contribution is -2.43. The molecule has 1 aliphatic heterocycles. The zero-order chi connectivity index (χ0) is 21.5. The Hall–Kier alpha value is -3.19. The Labute approximate surface area is 187 Å². The molecule has 6 rings (SSSR count). The number of fused-ring (bicyclic) bond motifs is 3. The van der Waals surface area contributed by atoms with Crippen LogP contribution in [-0.4, -0.2) is 45.5 Å². The molecule has 0 aromatic carbocycles. The highest BCUT2D eigenvalue weighted by Gasteiger charge is 2.21. The van der Waals surface area contributed by atoms with E-state index in [1.165, 1.54) is 42.6 Å². The molecule has 1 saturated heterocycles. The van der Waals surface area contributed by atoms with Crippen LogP contribution in [0.25, 0.3) is 16.6 Å². The van der Waals surface area contributed by atoms with Crippen molar-refractivity contribution in [2.75, 3.05) is 36.4 Å². The van der Waals surface area contributed by atoms with E-state index < -0.39 is 0 Å². The molecule has 7 heteroatoms. The van der Waals surface area contributed by atoms with E-state index in [0.717, 1.165) is 48.7 Å². The molecule has 1 saturated carbocycles. The van der Waals surface area contributed by atoms with Gasteiger partial charge in [0.05, 0.1) is 11.4 Å². The predicted octanol–water partition coefficient (Wildman–Crippen LogP) is 4.40. The molecule has 5 heterocycles. The highest BCUT2D eigenvalue weighted by Crippen LogP contribution is 2.36. The van der Waals surface area contributed by atoms with Crippen LogP contribution in [0.4, 0.5) is 17.5 Å². The summed E-state index contributed by atoms with van der Waals surface area (Å²) in [7, 11) is 0. The maximum absolute atomic E-state index is 4.93. The first-order chi connectivity index (χ1) is 15.8. The molecule has 7 nitrogen and oxygen atoms in total. The molecule has 2 fully saturated rings. The molecular weight excluding hydrogens is 398 g/mol. The SMILES string of the molecule is Cc1nc(Nc2ncc3ccc4ccc(C5CCCC5)n4c3n2)ccc1N1CCNCC1. The molecule has 0 amide bonds. The van der Waals surface area contributed by atoms with E-state index in [2.05, 4.69) is 62.2 Å². The molecule has 2 aliphatic rings. The van der Waals surface area contributed by atoms with Crippen molar-refractivity contribution >= 4 is 34.0 Å². The van der Waals surface area contributed by atoms with Crippen LogP contribution in [0.3, 0.4) is 0 Å². The van der Waals surface area contributed by atoms with E-state index in [1.807, 2.05) is 12.3 Å². The number of nitrogens with zero attached hydrogens (tertiary/aromatic N) is 5. The van der Waals surface area contributed by atoms with Crippen LogP contribution >= 0.6 is 0 Å². The van der Waals surface area contributed by atoms with Crippen molar-refractivity contribution in [3.63, 3.8) is 0 Å². The Balaban J connectivity index is 1.34. The summed E-state index contributed by atoms with van der Waals surface area (Å²) in [6.07, 6.45) is 7.08. The van der Waals surface area contributed by atoms with Gasteiger partial charge in [0.1, 0.15) is 11.5 Å². The number of hydrogen-bond donors (Lipinski definition) is 2. The molecule has 1 aliphatic carbocycles. The quantitative estimate of drug-likeness (QED) is 0.503. The minimum Gasteiger partial charge on any atom is -0.368 e. The Morgan fingerprint density at radius 3 is 2.59 bits per heavy atom. The average Bonchev–Trinajstić information content (AvgIpc) is 3.50. The number of piperazine rings is 1. The molecule has 164 valence electrons. The van der Waals surface area contributed by atoms with Gasteiger partial charge in [-0.15, -0.1) is 0 Å². The topological polar surface area (TPSA) is 70.4 Å². The third-order valence-electron chi connectivity index (χ3n) is 6.91. The van der Waals surface area contributed by atoms with Gasteiger partial charge in [-0.25, -0.2) is 9.97 Å². The third-order valence-corrected chi connectivity index (χ3v) is 6.91. The average molecular weight is 428 g/mol. The van der Waals surface area contributed by atoms with E-state index in [-0.39, 0.29) is 0 Å². The van der Waals surface area contributed by atoms with Gasteiger partial charge in [0.2, 0.25) is 5.95 Å². The van der Waals surface area contributed by atoms with Gasteiger partial charge in [-0.05, 0) is 62.1 Å². The normalized spacial score (nSPS) is 17.5. The smallest absolute Gasteiger partial charge is 0.230 e. The summed E-state index contributed by atoms with van der Waals surface area (Å²) in [5, 5.41) is 7.79. The summed E-state index contributed by atoms with van der Waals surface area (Å²) in [5.41, 5.74) is 5.75. The van der Waals surface area contributed by atoms with Crippen molar-refractivity contribution < 1.29 is 0 Å². The van der Waals surface area contributed by atoms with Gasteiger partial charge in [0.25, 0.3) is 0 Å². The van der Waals surface area contributed by atoms with Crippen LogP contribution in [-0.2, 0) is 0 Å². The molecular formula is C25H29N7. The minimum absolute atomic E-state index is 0.581. The van der Waals surface area contributed by atoms with Gasteiger partial charge in [-0.1, -0.05) is 12.8 Å². The van der Waals surface area contributed by atoms with Crippen molar-refractivity contribution in [2.24, 2.45) is 0 Å². The van der Waals surface area contributed by atoms with Crippen molar-refractivity contribution in [3.05, 3.63) is 54.0 Å². The molecule has 32 heavy (non-hydrogen) atoms. The first kappa shape index (κ1) is 19.5. The first-order valence-corrected chi connectivity index (χ1v) is 11.7. The summed E-state index contributed by atoms with van der Waals surface area (Å²) >= 11 is 0. The molecule has 4 aromatic heterocycles. The predicted molar refractivity (Wildman–Crippen MR) is 129 cm³/mol. The van der Waals surface area contributed by atoms with Gasteiger partial charge >= 0.3 is 0 Å². The van der Waals surface area contributed by atoms with Crippen LogP contribution in [0, 0.1) is 6.92 Å². The van der Waals surface area contributed by atoms with Gasteiger partial charge in [-0.3, -0.25) is 4.40 Å². The van der Waals surface area contributed by atoms with E-state index in [9.17, 15) is 0 Å². The van der Waals surface area contributed by atoms with Crippen molar-refractivity contribution in [3.8, 4) is 0 Å². The van der Waals surface area contributed by atoms with E-state index >= 15 is 0 Å². The van der Waals surface area contributed by atoms with Gasteiger partial charge in [0.15, 0.2) is 0 Å². The van der Waals surface area contributed by atoms with E-state index in [4.69, 9.17) is 9.97 Å². The lowest BCUT2D eigenvalue weighted by atomic mass is 10.0. The molecule has 0 bridgehead atoms. The maximum Gasteiger partial charge on any atom is 0.230 e. The van der Waals surface area contributed by atoms with Crippen LogP contribution < -0.4 is 15.5 Å². The number of aryl methyl sites for hydroxylation is 1. The first-order valence-electron chi connectivity index (χ1n) is 11.7. The number of hydrogen-bond acceptors (Lipinski definition) is 6. The summed E-state index contributed by atoms with van der Waals surface area (Å²) in [5.74, 6) is 1.98. The van der Waals surface area contributed by atoms with Crippen LogP contribution in [0.1, 0.15) is 43.0 Å². The number of aromatic nitrogens is 4. The summed E-state index contributed by atoms with van der Waals surface area (Å²) in [6, 6.07) is 12.9. The Morgan fingerprint density at radius 2 is 1.78 bits per heavy atom. The number of anilines is 3. The van der Waals surface area contributed by atoms with E-state index in [1.54, 1.807) is 0 Å². The molecule has 2 N–H and O–H groups in total. The van der Waals surface area contributed by atoms with Crippen LogP contribution in [0.2, 0.25) is 0 Å². The van der Waals surface area contributed by atoms with Crippen LogP contribution in [0.15, 0.2) is 42.6 Å². The van der Waals surface area contributed by atoms with Crippen molar-refractivity contribution in [1.29, 1.82) is 0 Å². The van der Waals surface area contributed by atoms with Crippen molar-refractivity contribution in [1.82, 2.24) is 24.7 Å². The zero-order valence-corrected chi connectivity index (χ0v) is 18.5. The summed E-state index contributed by atoms with van der Waals surface area (Å²) < 4.78 is 2.32. The van der Waals surface area contributed by atoms with Gasteiger partial charge < -0.3 is 15.5 Å².